The van der Waals surface area contributed by atoms with Crippen LogP contribution in [0.1, 0.15) is 26.1 Å². The molecule has 2 aliphatic rings. The minimum Gasteiger partial charge on any atom is -0.508 e. The molecular formula is C20H23F2N7O3. The number of phenolic OH excluding ortho intramolecular Hbond substituents is 1. The number of anilines is 2. The monoisotopic (exact) mass is 447 g/mol. The Kier molecular flexibility index (Phi) is 5.05. The van der Waals surface area contributed by atoms with Crippen molar-refractivity contribution >= 4 is 22.9 Å². The summed E-state index contributed by atoms with van der Waals surface area (Å²) in [5.74, 6) is 0.163. The molecule has 12 heteroatoms. The zero-order valence-corrected chi connectivity index (χ0v) is 17.7. The zero-order chi connectivity index (χ0) is 22.5. The first-order valence-electron chi connectivity index (χ1n) is 10.3. The molecule has 2 aromatic heterocycles. The Hall–Kier alpha value is -3.12. The van der Waals surface area contributed by atoms with Crippen molar-refractivity contribution in [3.8, 4) is 11.7 Å². The number of morpholine rings is 1. The first-order chi connectivity index (χ1) is 15.3. The van der Waals surface area contributed by atoms with Gasteiger partial charge >= 0.3 is 0 Å². The summed E-state index contributed by atoms with van der Waals surface area (Å²) in [6, 6.07) is 4.27. The Morgan fingerprint density at radius 3 is 2.38 bits per heavy atom. The van der Waals surface area contributed by atoms with E-state index in [0.717, 1.165) is 0 Å². The van der Waals surface area contributed by atoms with Gasteiger partial charge in [-0.2, -0.15) is 15.0 Å². The number of fused-ring (bicyclic) bond motifs is 1. The summed E-state index contributed by atoms with van der Waals surface area (Å²) in [6.07, 6.45) is -2.87. The molecule has 1 N–H and O–H groups in total. The summed E-state index contributed by atoms with van der Waals surface area (Å²) in [4.78, 5) is 21.6. The molecule has 1 aromatic carbocycles. The molecule has 0 saturated carbocycles. The molecule has 0 amide bonds. The summed E-state index contributed by atoms with van der Waals surface area (Å²) >= 11 is 0. The highest BCUT2D eigenvalue weighted by Gasteiger charge is 2.36. The second-order valence-electron chi connectivity index (χ2n) is 8.06. The number of nitrogens with zero attached hydrogens (tertiary/aromatic N) is 7. The molecule has 10 nitrogen and oxygen atoms in total. The first-order valence-corrected chi connectivity index (χ1v) is 10.3. The Morgan fingerprint density at radius 1 is 0.969 bits per heavy atom. The predicted molar refractivity (Wildman–Crippen MR) is 111 cm³/mol. The minimum atomic E-state index is -2.87. The number of aromatic nitrogens is 5. The van der Waals surface area contributed by atoms with Crippen LogP contribution in [0.15, 0.2) is 18.2 Å². The predicted octanol–water partition coefficient (Wildman–Crippen LogP) is 2.26. The summed E-state index contributed by atoms with van der Waals surface area (Å²) in [6.45, 7) is 7.03. The van der Waals surface area contributed by atoms with Crippen LogP contribution in [0.3, 0.4) is 0 Å². The maximum atomic E-state index is 14.0. The normalized spacial score (nSPS) is 18.8. The SMILES string of the molecule is CC1(C)OCCN1c1nc(N2CCOCC2)nc(-n2c(C(F)F)nc3cc(O)ccc32)n1. The van der Waals surface area contributed by atoms with Crippen molar-refractivity contribution in [2.24, 2.45) is 0 Å². The van der Waals surface area contributed by atoms with Crippen LogP contribution >= 0.6 is 0 Å². The molecule has 5 rings (SSSR count). The standard InChI is InChI=1S/C20H23F2N7O3/c1-20(2)28(7-10-32-20)18-24-17(27-5-8-31-9-6-27)25-19(26-18)29-14-4-3-12(30)11-13(14)23-16(29)15(21)22/h3-4,11,15,30H,5-10H2,1-2H3. The van der Waals surface area contributed by atoms with E-state index in [2.05, 4.69) is 19.9 Å². The number of benzene rings is 1. The molecule has 0 unspecified atom stereocenters. The number of alkyl halides is 2. The average Bonchev–Trinajstić information content (AvgIpc) is 3.33. The van der Waals surface area contributed by atoms with Gasteiger partial charge in [0.25, 0.3) is 6.43 Å². The van der Waals surface area contributed by atoms with Crippen LogP contribution in [0.2, 0.25) is 0 Å². The van der Waals surface area contributed by atoms with Crippen molar-refractivity contribution in [3.05, 3.63) is 24.0 Å². The van der Waals surface area contributed by atoms with Crippen molar-refractivity contribution < 1.29 is 23.4 Å². The van der Waals surface area contributed by atoms with Gasteiger partial charge in [0.05, 0.1) is 30.9 Å². The third kappa shape index (κ3) is 3.58. The van der Waals surface area contributed by atoms with Crippen LogP contribution in [0.4, 0.5) is 20.7 Å². The molecule has 0 radical (unpaired) electrons. The number of aromatic hydroxyl groups is 1. The number of ether oxygens (including phenoxy) is 2. The lowest BCUT2D eigenvalue weighted by Gasteiger charge is -2.32. The molecule has 4 heterocycles. The van der Waals surface area contributed by atoms with Gasteiger partial charge in [0.1, 0.15) is 11.5 Å². The van der Waals surface area contributed by atoms with Gasteiger partial charge < -0.3 is 24.4 Å². The Morgan fingerprint density at radius 2 is 1.69 bits per heavy atom. The molecule has 2 aliphatic heterocycles. The van der Waals surface area contributed by atoms with Crippen molar-refractivity contribution in [3.63, 3.8) is 0 Å². The molecule has 32 heavy (non-hydrogen) atoms. The maximum absolute atomic E-state index is 14.0. The summed E-state index contributed by atoms with van der Waals surface area (Å²) in [7, 11) is 0. The summed E-state index contributed by atoms with van der Waals surface area (Å²) in [5.41, 5.74) is -0.0740. The van der Waals surface area contributed by atoms with Gasteiger partial charge in [0, 0.05) is 25.7 Å². The maximum Gasteiger partial charge on any atom is 0.296 e. The molecule has 0 spiro atoms. The van der Waals surface area contributed by atoms with E-state index < -0.39 is 18.0 Å². The lowest BCUT2D eigenvalue weighted by Crippen LogP contribution is -2.42. The molecule has 2 fully saturated rings. The van der Waals surface area contributed by atoms with Crippen LogP contribution in [-0.4, -0.2) is 74.8 Å². The van der Waals surface area contributed by atoms with Crippen molar-refractivity contribution in [2.75, 3.05) is 49.3 Å². The zero-order valence-electron chi connectivity index (χ0n) is 17.7. The van der Waals surface area contributed by atoms with Crippen LogP contribution in [0, 0.1) is 0 Å². The average molecular weight is 447 g/mol. The number of halogens is 2. The first kappa shape index (κ1) is 20.8. The molecule has 3 aromatic rings. The summed E-state index contributed by atoms with van der Waals surface area (Å²) < 4.78 is 40.4. The van der Waals surface area contributed by atoms with Gasteiger partial charge in [-0.3, -0.25) is 4.57 Å². The third-order valence-corrected chi connectivity index (χ3v) is 5.61. The highest BCUT2D eigenvalue weighted by molar-refractivity contribution is 5.79. The molecule has 170 valence electrons. The van der Waals surface area contributed by atoms with Gasteiger partial charge in [-0.05, 0) is 26.0 Å². The lowest BCUT2D eigenvalue weighted by molar-refractivity contribution is 0.0376. The lowest BCUT2D eigenvalue weighted by atomic mass is 10.3. The largest absolute Gasteiger partial charge is 0.508 e. The number of hydrogen-bond donors (Lipinski definition) is 1. The fraction of sp³-hybridized carbons (Fsp3) is 0.500. The van der Waals surface area contributed by atoms with Crippen molar-refractivity contribution in [1.82, 2.24) is 24.5 Å². The van der Waals surface area contributed by atoms with Crippen molar-refractivity contribution in [1.29, 1.82) is 0 Å². The second kappa shape index (κ2) is 7.78. The Bertz CT molecular complexity index is 1150. The van der Waals surface area contributed by atoms with E-state index in [1.165, 1.54) is 22.8 Å². The smallest absolute Gasteiger partial charge is 0.296 e. The van der Waals surface area contributed by atoms with Crippen LogP contribution in [0.5, 0.6) is 5.75 Å². The molecule has 0 bridgehead atoms. The van der Waals surface area contributed by atoms with Gasteiger partial charge in [0.15, 0.2) is 5.82 Å². The van der Waals surface area contributed by atoms with E-state index in [1.807, 2.05) is 23.6 Å². The topological polar surface area (TPSA) is 102 Å². The number of rotatable bonds is 4. The summed E-state index contributed by atoms with van der Waals surface area (Å²) in [5, 5.41) is 9.78. The third-order valence-electron chi connectivity index (χ3n) is 5.61. The number of hydrogen-bond acceptors (Lipinski definition) is 9. The fourth-order valence-electron chi connectivity index (χ4n) is 3.99. The van der Waals surface area contributed by atoms with Gasteiger partial charge in [0.2, 0.25) is 17.8 Å². The van der Waals surface area contributed by atoms with E-state index >= 15 is 0 Å². The number of imidazole rings is 1. The van der Waals surface area contributed by atoms with Crippen LogP contribution in [0.25, 0.3) is 17.0 Å². The van der Waals surface area contributed by atoms with Gasteiger partial charge in [-0.1, -0.05) is 0 Å². The molecule has 2 saturated heterocycles. The van der Waals surface area contributed by atoms with Gasteiger partial charge in [-0.25, -0.2) is 13.8 Å². The van der Waals surface area contributed by atoms with Crippen LogP contribution < -0.4 is 9.80 Å². The number of phenols is 1. The molecule has 0 aliphatic carbocycles. The van der Waals surface area contributed by atoms with E-state index in [1.54, 1.807) is 0 Å². The van der Waals surface area contributed by atoms with E-state index in [4.69, 9.17) is 9.47 Å². The Labute approximate surface area is 182 Å². The molecular weight excluding hydrogens is 424 g/mol. The minimum absolute atomic E-state index is 0.0303. The van der Waals surface area contributed by atoms with E-state index in [9.17, 15) is 13.9 Å². The highest BCUT2D eigenvalue weighted by Crippen LogP contribution is 2.32. The Balaban J connectivity index is 1.71. The fourth-order valence-corrected chi connectivity index (χ4v) is 3.99. The van der Waals surface area contributed by atoms with Crippen molar-refractivity contribution in [2.45, 2.75) is 26.0 Å². The second-order valence-corrected chi connectivity index (χ2v) is 8.06. The quantitative estimate of drug-likeness (QED) is 0.645. The van der Waals surface area contributed by atoms with E-state index in [0.29, 0.717) is 56.9 Å². The van der Waals surface area contributed by atoms with Gasteiger partial charge in [-0.15, -0.1) is 0 Å². The van der Waals surface area contributed by atoms with Crippen LogP contribution in [-0.2, 0) is 9.47 Å². The molecule has 0 atom stereocenters. The van der Waals surface area contributed by atoms with E-state index in [-0.39, 0.29) is 17.2 Å². The highest BCUT2D eigenvalue weighted by atomic mass is 19.3.